The molecule has 0 amide bonds. The number of ether oxygens (including phenoxy) is 1. The molecule has 0 aliphatic heterocycles. The van der Waals surface area contributed by atoms with E-state index in [2.05, 4.69) is 15.3 Å². The number of nitrogens with zero attached hydrogens (tertiary/aromatic N) is 3. The molecule has 1 aromatic carbocycles. The van der Waals surface area contributed by atoms with Crippen LogP contribution in [0.2, 0.25) is 0 Å². The van der Waals surface area contributed by atoms with E-state index < -0.39 is 17.4 Å². The average molecular weight is 403 g/mol. The molecule has 0 saturated heterocycles. The van der Waals surface area contributed by atoms with E-state index in [0.29, 0.717) is 24.7 Å². The van der Waals surface area contributed by atoms with Gasteiger partial charge in [-0.3, -0.25) is 14.3 Å². The molecule has 0 aliphatic rings. The Bertz CT molecular complexity index is 1100. The van der Waals surface area contributed by atoms with Gasteiger partial charge in [0.15, 0.2) is 11.2 Å². The van der Waals surface area contributed by atoms with Gasteiger partial charge >= 0.3 is 5.69 Å². The molecule has 0 spiro atoms. The monoisotopic (exact) mass is 403 g/mol. The minimum atomic E-state index is -0.928. The lowest BCUT2D eigenvalue weighted by Crippen LogP contribution is -2.31. The van der Waals surface area contributed by atoms with Gasteiger partial charge < -0.3 is 24.8 Å². The zero-order chi connectivity index (χ0) is 21.0. The number of hydrogen-bond donors (Lipinski definition) is 4. The van der Waals surface area contributed by atoms with Crippen molar-refractivity contribution in [3.63, 3.8) is 0 Å². The van der Waals surface area contributed by atoms with Crippen LogP contribution in [-0.2, 0) is 13.6 Å². The molecule has 10 heteroatoms. The van der Waals surface area contributed by atoms with Crippen LogP contribution >= 0.6 is 0 Å². The van der Waals surface area contributed by atoms with E-state index in [9.17, 15) is 14.7 Å². The first-order chi connectivity index (χ1) is 13.9. The summed E-state index contributed by atoms with van der Waals surface area (Å²) >= 11 is 0. The molecule has 3 rings (SSSR count). The molecule has 2 heterocycles. The molecule has 0 fully saturated rings. The highest BCUT2D eigenvalue weighted by Crippen LogP contribution is 2.17. The molecule has 0 saturated carbocycles. The van der Waals surface area contributed by atoms with Crippen LogP contribution in [0.1, 0.15) is 12.0 Å². The Morgan fingerprint density at radius 2 is 2.14 bits per heavy atom. The number of hydrogen-bond acceptors (Lipinski definition) is 7. The van der Waals surface area contributed by atoms with Crippen LogP contribution in [0.15, 0.2) is 33.9 Å². The number of imidazole rings is 1. The number of aromatic nitrogens is 4. The lowest BCUT2D eigenvalue weighted by Gasteiger charge is -2.16. The highest BCUT2D eigenvalue weighted by atomic mass is 16.5. The van der Waals surface area contributed by atoms with Gasteiger partial charge in [0.2, 0.25) is 5.95 Å². The predicted octanol–water partition coefficient (Wildman–Crippen LogP) is -0.0341. The first kappa shape index (κ1) is 20.6. The third-order valence-corrected chi connectivity index (χ3v) is 4.45. The van der Waals surface area contributed by atoms with Crippen molar-refractivity contribution in [1.29, 1.82) is 0 Å². The van der Waals surface area contributed by atoms with Crippen LogP contribution in [0.4, 0.5) is 5.95 Å². The first-order valence-corrected chi connectivity index (χ1v) is 9.32. The smallest absolute Gasteiger partial charge is 0.329 e. The van der Waals surface area contributed by atoms with Crippen molar-refractivity contribution in [1.82, 2.24) is 19.1 Å². The summed E-state index contributed by atoms with van der Waals surface area (Å²) in [7, 11) is 1.51. The van der Waals surface area contributed by atoms with E-state index in [1.807, 2.05) is 25.1 Å². The van der Waals surface area contributed by atoms with Crippen LogP contribution in [0.25, 0.3) is 11.2 Å². The van der Waals surface area contributed by atoms with Gasteiger partial charge in [0, 0.05) is 20.2 Å². The molecule has 3 aromatic rings. The molecule has 0 unspecified atom stereocenters. The highest BCUT2D eigenvalue weighted by molar-refractivity contribution is 5.74. The fourth-order valence-electron chi connectivity index (χ4n) is 2.99. The molecule has 0 aliphatic carbocycles. The SMILES string of the molecule is Cc1cccc(OC[C@@H](O)Cn2c(NCCCO)nc3c2c(=O)[nH]c(=O)n3C)c1. The predicted molar refractivity (Wildman–Crippen MR) is 108 cm³/mol. The molecule has 29 heavy (non-hydrogen) atoms. The van der Waals surface area contributed by atoms with Crippen LogP contribution in [0, 0.1) is 6.92 Å². The summed E-state index contributed by atoms with van der Waals surface area (Å²) in [6.07, 6.45) is -0.444. The Morgan fingerprint density at radius 3 is 2.86 bits per heavy atom. The summed E-state index contributed by atoms with van der Waals surface area (Å²) < 4.78 is 8.40. The average Bonchev–Trinajstić information content (AvgIpc) is 3.04. The van der Waals surface area contributed by atoms with Crippen molar-refractivity contribution in [2.24, 2.45) is 7.05 Å². The highest BCUT2D eigenvalue weighted by Gasteiger charge is 2.19. The van der Waals surface area contributed by atoms with Crippen molar-refractivity contribution >= 4 is 17.1 Å². The van der Waals surface area contributed by atoms with Gasteiger partial charge in [-0.15, -0.1) is 0 Å². The zero-order valence-electron chi connectivity index (χ0n) is 16.4. The third-order valence-electron chi connectivity index (χ3n) is 4.45. The largest absolute Gasteiger partial charge is 0.491 e. The van der Waals surface area contributed by atoms with Gasteiger partial charge in [-0.05, 0) is 31.0 Å². The van der Waals surface area contributed by atoms with Crippen LogP contribution in [-0.4, -0.2) is 55.2 Å². The summed E-state index contributed by atoms with van der Waals surface area (Å²) in [5, 5.41) is 22.5. The minimum absolute atomic E-state index is 0.000739. The number of aryl methyl sites for hydroxylation is 2. The number of aliphatic hydroxyl groups excluding tert-OH is 2. The Labute approximate surface area is 166 Å². The first-order valence-electron chi connectivity index (χ1n) is 9.32. The van der Waals surface area contributed by atoms with Crippen molar-refractivity contribution < 1.29 is 14.9 Å². The van der Waals surface area contributed by atoms with Gasteiger partial charge in [0.25, 0.3) is 5.56 Å². The number of fused-ring (bicyclic) bond motifs is 1. The van der Waals surface area contributed by atoms with Crippen LogP contribution in [0.3, 0.4) is 0 Å². The summed E-state index contributed by atoms with van der Waals surface area (Å²) in [6, 6.07) is 7.47. The molecule has 0 radical (unpaired) electrons. The fourth-order valence-corrected chi connectivity index (χ4v) is 2.99. The molecule has 0 bridgehead atoms. The van der Waals surface area contributed by atoms with Gasteiger partial charge in [-0.1, -0.05) is 12.1 Å². The molecular weight excluding hydrogens is 378 g/mol. The van der Waals surface area contributed by atoms with E-state index in [1.54, 1.807) is 6.07 Å². The van der Waals surface area contributed by atoms with E-state index in [4.69, 9.17) is 9.84 Å². The van der Waals surface area contributed by atoms with Gasteiger partial charge in [-0.2, -0.15) is 4.98 Å². The maximum atomic E-state index is 12.4. The van der Waals surface area contributed by atoms with Gasteiger partial charge in [0.1, 0.15) is 18.5 Å². The number of aliphatic hydroxyl groups is 2. The molecule has 10 nitrogen and oxygen atoms in total. The lowest BCUT2D eigenvalue weighted by molar-refractivity contribution is 0.0938. The minimum Gasteiger partial charge on any atom is -0.491 e. The molecular formula is C19H25N5O5. The van der Waals surface area contributed by atoms with Crippen molar-refractivity contribution in [3.05, 3.63) is 50.7 Å². The lowest BCUT2D eigenvalue weighted by atomic mass is 10.2. The molecule has 1 atom stereocenters. The number of nitrogens with one attached hydrogen (secondary N) is 2. The second kappa shape index (κ2) is 8.93. The molecule has 2 aromatic heterocycles. The summed E-state index contributed by atoms with van der Waals surface area (Å²) in [4.78, 5) is 30.9. The van der Waals surface area contributed by atoms with Crippen molar-refractivity contribution in [3.8, 4) is 5.75 Å². The maximum Gasteiger partial charge on any atom is 0.329 e. The second-order valence-electron chi connectivity index (χ2n) is 6.82. The summed E-state index contributed by atoms with van der Waals surface area (Å²) in [5.41, 5.74) is 0.265. The standard InChI is InChI=1S/C19H25N5O5/c1-12-5-3-6-14(9-12)29-11-13(26)10-24-15-16(21-18(24)20-7-4-8-25)23(2)19(28)22-17(15)27/h3,5-6,9,13,25-26H,4,7-8,10-11H2,1-2H3,(H,20,21)(H,22,27,28)/t13-/m0/s1. The van der Waals surface area contributed by atoms with Gasteiger partial charge in [-0.25, -0.2) is 4.79 Å². The topological polar surface area (TPSA) is 134 Å². The van der Waals surface area contributed by atoms with E-state index >= 15 is 0 Å². The van der Waals surface area contributed by atoms with E-state index in [1.165, 1.54) is 16.2 Å². The quantitative estimate of drug-likeness (QED) is 0.369. The van der Waals surface area contributed by atoms with Crippen LogP contribution in [0.5, 0.6) is 5.75 Å². The van der Waals surface area contributed by atoms with Crippen molar-refractivity contribution in [2.45, 2.75) is 26.0 Å². The summed E-state index contributed by atoms with van der Waals surface area (Å²) in [6.45, 7) is 2.41. The Balaban J connectivity index is 1.87. The molecule has 4 N–H and O–H groups in total. The molecule has 156 valence electrons. The third kappa shape index (κ3) is 4.66. The Morgan fingerprint density at radius 1 is 1.34 bits per heavy atom. The number of rotatable bonds is 9. The maximum absolute atomic E-state index is 12.4. The Hall–Kier alpha value is -3.11. The van der Waals surface area contributed by atoms with Crippen LogP contribution < -0.4 is 21.3 Å². The zero-order valence-corrected chi connectivity index (χ0v) is 16.4. The fraction of sp³-hybridized carbons (Fsp3) is 0.421. The van der Waals surface area contributed by atoms with E-state index in [0.717, 1.165) is 5.56 Å². The van der Waals surface area contributed by atoms with Gasteiger partial charge in [0.05, 0.1) is 6.54 Å². The summed E-state index contributed by atoms with van der Waals surface area (Å²) in [5.74, 6) is 0.968. The van der Waals surface area contributed by atoms with E-state index in [-0.39, 0.29) is 30.9 Å². The number of benzene rings is 1. The Kier molecular flexibility index (Phi) is 6.35. The number of anilines is 1. The number of aromatic amines is 1. The normalized spacial score (nSPS) is 12.3. The number of H-pyrrole nitrogens is 1. The second-order valence-corrected chi connectivity index (χ2v) is 6.82. The van der Waals surface area contributed by atoms with Crippen molar-refractivity contribution in [2.75, 3.05) is 25.1 Å².